The maximum atomic E-state index is 12.7. The summed E-state index contributed by atoms with van der Waals surface area (Å²) in [6.07, 6.45) is 57.5. The van der Waals surface area contributed by atoms with Gasteiger partial charge in [0.05, 0.1) is 13.2 Å². The van der Waals surface area contributed by atoms with Gasteiger partial charge in [0.1, 0.15) is 6.61 Å². The van der Waals surface area contributed by atoms with Crippen molar-refractivity contribution in [3.8, 4) is 0 Å². The van der Waals surface area contributed by atoms with E-state index in [1.165, 1.54) is 180 Å². The fourth-order valence-corrected chi connectivity index (χ4v) is 8.31. The molecule has 3 N–H and O–H groups in total. The first kappa shape index (κ1) is 61.2. The summed E-state index contributed by atoms with van der Waals surface area (Å²) in [6.45, 7) is 3.75. The minimum Gasteiger partial charge on any atom is -0.462 e. The van der Waals surface area contributed by atoms with Crippen molar-refractivity contribution in [2.24, 2.45) is 5.73 Å². The average molecular weight is 910 g/mol. The minimum atomic E-state index is -4.38. The van der Waals surface area contributed by atoms with Crippen LogP contribution in [-0.4, -0.2) is 49.3 Å². The quantitative estimate of drug-likeness (QED) is 0.0265. The third-order valence-electron chi connectivity index (χ3n) is 11.5. The van der Waals surface area contributed by atoms with Crippen molar-refractivity contribution in [3.63, 3.8) is 0 Å². The number of ether oxygens (including phenoxy) is 2. The Bertz CT molecular complexity index is 1130. The van der Waals surface area contributed by atoms with Crippen molar-refractivity contribution >= 4 is 19.8 Å². The molecule has 2 unspecified atom stereocenters. The number of hydrogen-bond acceptors (Lipinski definition) is 8. The highest BCUT2D eigenvalue weighted by molar-refractivity contribution is 7.47. The molecule has 0 radical (unpaired) electrons. The van der Waals surface area contributed by atoms with Crippen LogP contribution < -0.4 is 5.73 Å². The predicted octanol–water partition coefficient (Wildman–Crippen LogP) is 16.1. The van der Waals surface area contributed by atoms with E-state index in [9.17, 15) is 19.0 Å². The van der Waals surface area contributed by atoms with Gasteiger partial charge in [-0.3, -0.25) is 18.6 Å². The predicted molar refractivity (Wildman–Crippen MR) is 266 cm³/mol. The molecule has 10 heteroatoms. The normalized spacial score (nSPS) is 13.4. The lowest BCUT2D eigenvalue weighted by molar-refractivity contribution is -0.161. The second-order valence-corrected chi connectivity index (χ2v) is 19.2. The molecule has 0 bridgehead atoms. The lowest BCUT2D eigenvalue weighted by atomic mass is 10.0. The topological polar surface area (TPSA) is 134 Å². The van der Waals surface area contributed by atoms with Crippen LogP contribution in [0.5, 0.6) is 0 Å². The number of allylic oxidation sites excluding steroid dienone is 6. The Labute approximate surface area is 388 Å². The van der Waals surface area contributed by atoms with Crippen LogP contribution in [0.25, 0.3) is 0 Å². The number of carbonyl (C=O) groups is 2. The highest BCUT2D eigenvalue weighted by Crippen LogP contribution is 2.43. The van der Waals surface area contributed by atoms with Gasteiger partial charge in [0, 0.05) is 19.4 Å². The number of hydrogen-bond donors (Lipinski definition) is 2. The zero-order valence-electron chi connectivity index (χ0n) is 41.1. The van der Waals surface area contributed by atoms with Crippen molar-refractivity contribution in [1.29, 1.82) is 0 Å². The lowest BCUT2D eigenvalue weighted by Crippen LogP contribution is -2.29. The standard InChI is InChI=1S/C53H100NO8P/c1-3-5-7-9-11-13-15-17-19-21-23-24-25-26-28-30-32-34-36-38-40-42-44-46-53(56)62-51(50-61-63(57,58)60-48-47-54)49-59-52(55)45-43-41-39-37-35-33-31-29-27-22-20-18-16-14-12-10-8-6-4-2/h15,17-18,20-21,23,51H,3-14,16,19,22,24-50,54H2,1-2H3,(H,57,58)/b17-15-,20-18-,23-21-. The van der Waals surface area contributed by atoms with Gasteiger partial charge in [0.2, 0.25) is 0 Å². The summed E-state index contributed by atoms with van der Waals surface area (Å²) in [5, 5.41) is 0. The molecule has 0 spiro atoms. The fourth-order valence-electron chi connectivity index (χ4n) is 7.54. The van der Waals surface area contributed by atoms with E-state index in [0.717, 1.165) is 44.9 Å². The van der Waals surface area contributed by atoms with Crippen molar-refractivity contribution in [2.75, 3.05) is 26.4 Å². The zero-order valence-corrected chi connectivity index (χ0v) is 42.0. The molecule has 0 aliphatic carbocycles. The zero-order chi connectivity index (χ0) is 46.0. The molecule has 0 aliphatic rings. The number of phosphoric acid groups is 1. The average Bonchev–Trinajstić information content (AvgIpc) is 3.27. The van der Waals surface area contributed by atoms with E-state index in [-0.39, 0.29) is 38.6 Å². The summed E-state index contributed by atoms with van der Waals surface area (Å²) in [4.78, 5) is 35.1. The Morgan fingerprint density at radius 2 is 0.825 bits per heavy atom. The third kappa shape index (κ3) is 49.5. The number of carbonyl (C=O) groups excluding carboxylic acids is 2. The summed E-state index contributed by atoms with van der Waals surface area (Å²) in [5.41, 5.74) is 5.37. The van der Waals surface area contributed by atoms with Crippen molar-refractivity contribution < 1.29 is 37.6 Å². The fraction of sp³-hybridized carbons (Fsp3) is 0.849. The van der Waals surface area contributed by atoms with Crippen molar-refractivity contribution in [3.05, 3.63) is 36.5 Å². The second-order valence-electron chi connectivity index (χ2n) is 17.7. The first-order chi connectivity index (χ1) is 30.8. The number of unbranched alkanes of at least 4 members (excludes halogenated alkanes) is 31. The van der Waals surface area contributed by atoms with Crippen LogP contribution in [0.15, 0.2) is 36.5 Å². The summed E-state index contributed by atoms with van der Waals surface area (Å²) < 4.78 is 33.0. The van der Waals surface area contributed by atoms with Crippen LogP contribution in [0.4, 0.5) is 0 Å². The maximum absolute atomic E-state index is 12.7. The number of esters is 2. The van der Waals surface area contributed by atoms with Crippen LogP contribution in [0.1, 0.15) is 258 Å². The summed E-state index contributed by atoms with van der Waals surface area (Å²) in [6, 6.07) is 0. The smallest absolute Gasteiger partial charge is 0.462 e. The molecule has 0 saturated heterocycles. The van der Waals surface area contributed by atoms with Gasteiger partial charge < -0.3 is 20.1 Å². The first-order valence-corrected chi connectivity index (χ1v) is 28.0. The number of nitrogens with two attached hydrogens (primary N) is 1. The first-order valence-electron chi connectivity index (χ1n) is 26.5. The molecule has 0 aromatic rings. The van der Waals surface area contributed by atoms with E-state index in [0.29, 0.717) is 6.42 Å². The van der Waals surface area contributed by atoms with Crippen LogP contribution in [0, 0.1) is 0 Å². The van der Waals surface area contributed by atoms with E-state index in [4.69, 9.17) is 24.3 Å². The van der Waals surface area contributed by atoms with Gasteiger partial charge >= 0.3 is 19.8 Å². The Balaban J connectivity index is 4.02. The molecule has 0 heterocycles. The van der Waals surface area contributed by atoms with E-state index in [1.807, 2.05) is 0 Å². The highest BCUT2D eigenvalue weighted by atomic mass is 31.2. The van der Waals surface area contributed by atoms with Crippen molar-refractivity contribution in [1.82, 2.24) is 0 Å². The van der Waals surface area contributed by atoms with E-state index in [1.54, 1.807) is 0 Å². The molecule has 0 aromatic carbocycles. The summed E-state index contributed by atoms with van der Waals surface area (Å²) >= 11 is 0. The SMILES string of the molecule is CCCCCCC/C=C\C/C=C\CCCCCCCCCCCCCC(=O)OC(COC(=O)CCCCCCCCCCC/C=C\CCCCCCCC)COP(=O)(O)OCCN. The van der Waals surface area contributed by atoms with E-state index in [2.05, 4.69) is 50.3 Å². The third-order valence-corrected chi connectivity index (χ3v) is 12.5. The molecule has 9 nitrogen and oxygen atoms in total. The molecule has 0 rings (SSSR count). The molecule has 2 atom stereocenters. The lowest BCUT2D eigenvalue weighted by Gasteiger charge is -2.19. The molecule has 370 valence electrons. The Hall–Kier alpha value is -1.77. The van der Waals surface area contributed by atoms with Gasteiger partial charge in [-0.05, 0) is 70.6 Å². The molecule has 0 saturated carbocycles. The second kappa shape index (κ2) is 49.7. The Morgan fingerprint density at radius 3 is 1.22 bits per heavy atom. The Morgan fingerprint density at radius 1 is 0.476 bits per heavy atom. The highest BCUT2D eigenvalue weighted by Gasteiger charge is 2.26. The van der Waals surface area contributed by atoms with Crippen LogP contribution >= 0.6 is 7.82 Å². The van der Waals surface area contributed by atoms with Crippen molar-refractivity contribution in [2.45, 2.75) is 264 Å². The molecule has 0 aromatic heterocycles. The number of phosphoric ester groups is 1. The largest absolute Gasteiger partial charge is 0.472 e. The van der Waals surface area contributed by atoms with Crippen LogP contribution in [0.3, 0.4) is 0 Å². The molecule has 0 fully saturated rings. The molecule has 63 heavy (non-hydrogen) atoms. The Kier molecular flexibility index (Phi) is 48.3. The number of rotatable bonds is 50. The van der Waals surface area contributed by atoms with E-state index < -0.39 is 26.5 Å². The van der Waals surface area contributed by atoms with E-state index >= 15 is 0 Å². The van der Waals surface area contributed by atoms with Crippen LogP contribution in [0.2, 0.25) is 0 Å². The van der Waals surface area contributed by atoms with Gasteiger partial charge in [-0.1, -0.05) is 211 Å². The monoisotopic (exact) mass is 910 g/mol. The minimum absolute atomic E-state index is 0.0533. The molecular formula is C53H100NO8P. The van der Waals surface area contributed by atoms with Gasteiger partial charge in [0.25, 0.3) is 0 Å². The van der Waals surface area contributed by atoms with Gasteiger partial charge in [-0.25, -0.2) is 4.57 Å². The molecule has 0 amide bonds. The van der Waals surface area contributed by atoms with Crippen LogP contribution in [-0.2, 0) is 32.7 Å². The molecular weight excluding hydrogens is 810 g/mol. The summed E-state index contributed by atoms with van der Waals surface area (Å²) in [5.74, 6) is -0.823. The van der Waals surface area contributed by atoms with Gasteiger partial charge in [0.15, 0.2) is 6.10 Å². The van der Waals surface area contributed by atoms with Gasteiger partial charge in [-0.15, -0.1) is 0 Å². The van der Waals surface area contributed by atoms with Gasteiger partial charge in [-0.2, -0.15) is 0 Å². The molecule has 0 aliphatic heterocycles. The maximum Gasteiger partial charge on any atom is 0.472 e. The summed E-state index contributed by atoms with van der Waals surface area (Å²) in [7, 11) is -4.38.